The number of aryl methyl sites for hydroxylation is 1. The minimum atomic E-state index is -3.49. The molecule has 0 atom stereocenters. The van der Waals surface area contributed by atoms with Gasteiger partial charge in [0.1, 0.15) is 0 Å². The van der Waals surface area contributed by atoms with Crippen molar-refractivity contribution in [3.8, 4) is 0 Å². The van der Waals surface area contributed by atoms with E-state index in [9.17, 15) is 13.2 Å². The molecule has 1 aliphatic heterocycles. The lowest BCUT2D eigenvalue weighted by atomic mass is 9.96. The van der Waals surface area contributed by atoms with Gasteiger partial charge in [-0.25, -0.2) is 8.42 Å². The summed E-state index contributed by atoms with van der Waals surface area (Å²) >= 11 is 5.05. The van der Waals surface area contributed by atoms with E-state index in [4.69, 9.17) is 0 Å². The Balaban J connectivity index is 1.59. The average Bonchev–Trinajstić information content (AvgIpc) is 3.06. The molecule has 3 rings (SSSR count). The predicted molar refractivity (Wildman–Crippen MR) is 111 cm³/mol. The van der Waals surface area contributed by atoms with Crippen molar-refractivity contribution in [3.63, 3.8) is 0 Å². The molecule has 2 aromatic rings. The number of amides is 1. The third kappa shape index (κ3) is 4.80. The SMILES string of the molecule is Cc1ccc(S(=O)(=O)N2CCC(C(=O)N(C)Cc3ccc(Br)s3)CC2)cc1. The normalized spacial score (nSPS) is 16.4. The molecule has 1 aromatic carbocycles. The van der Waals surface area contributed by atoms with E-state index in [0.29, 0.717) is 37.4 Å². The first kappa shape index (κ1) is 20.5. The van der Waals surface area contributed by atoms with Crippen LogP contribution in [-0.2, 0) is 21.4 Å². The summed E-state index contributed by atoms with van der Waals surface area (Å²) in [5.74, 6) is -0.0326. The summed E-state index contributed by atoms with van der Waals surface area (Å²) in [5.41, 5.74) is 1.03. The quantitative estimate of drug-likeness (QED) is 0.665. The molecule has 1 fully saturated rings. The molecule has 0 saturated carbocycles. The molecule has 0 spiro atoms. The van der Waals surface area contributed by atoms with Crippen molar-refractivity contribution < 1.29 is 13.2 Å². The van der Waals surface area contributed by atoms with Gasteiger partial charge in [-0.3, -0.25) is 4.79 Å². The van der Waals surface area contributed by atoms with Gasteiger partial charge in [0.15, 0.2) is 0 Å². The number of sulfonamides is 1. The van der Waals surface area contributed by atoms with Crippen molar-refractivity contribution >= 4 is 43.2 Å². The summed E-state index contributed by atoms with van der Waals surface area (Å²) in [7, 11) is -1.68. The Morgan fingerprint density at radius 2 is 1.81 bits per heavy atom. The number of piperidine rings is 1. The molecular weight excluding hydrogens is 448 g/mol. The number of hydrogen-bond donors (Lipinski definition) is 0. The van der Waals surface area contributed by atoms with Crippen molar-refractivity contribution in [1.29, 1.82) is 0 Å². The van der Waals surface area contributed by atoms with Gasteiger partial charge in [-0.05, 0) is 60.0 Å². The lowest BCUT2D eigenvalue weighted by Gasteiger charge is -2.32. The molecular formula is C19H23BrN2O3S2. The summed E-state index contributed by atoms with van der Waals surface area (Å²) in [6, 6.07) is 10.9. The minimum Gasteiger partial charge on any atom is -0.340 e. The highest BCUT2D eigenvalue weighted by atomic mass is 79.9. The molecule has 0 radical (unpaired) electrons. The van der Waals surface area contributed by atoms with Gasteiger partial charge in [-0.2, -0.15) is 4.31 Å². The molecule has 1 saturated heterocycles. The van der Waals surface area contributed by atoms with Gasteiger partial charge >= 0.3 is 0 Å². The largest absolute Gasteiger partial charge is 0.340 e. The zero-order valence-electron chi connectivity index (χ0n) is 15.4. The summed E-state index contributed by atoms with van der Waals surface area (Å²) in [6.07, 6.45) is 1.12. The third-order valence-electron chi connectivity index (χ3n) is 4.86. The first-order valence-electron chi connectivity index (χ1n) is 8.83. The molecule has 1 amide bonds. The Labute approximate surface area is 173 Å². The van der Waals surface area contributed by atoms with E-state index in [2.05, 4.69) is 15.9 Å². The molecule has 1 aromatic heterocycles. The Hall–Kier alpha value is -1.22. The first-order chi connectivity index (χ1) is 12.8. The van der Waals surface area contributed by atoms with E-state index in [1.807, 2.05) is 26.1 Å². The molecule has 5 nitrogen and oxygen atoms in total. The summed E-state index contributed by atoms with van der Waals surface area (Å²) in [6.45, 7) is 3.27. The highest BCUT2D eigenvalue weighted by molar-refractivity contribution is 9.11. The molecule has 0 aliphatic carbocycles. The summed E-state index contributed by atoms with van der Waals surface area (Å²) in [5, 5.41) is 0. The smallest absolute Gasteiger partial charge is 0.243 e. The summed E-state index contributed by atoms with van der Waals surface area (Å²) in [4.78, 5) is 15.9. The van der Waals surface area contributed by atoms with Crippen LogP contribution in [0.25, 0.3) is 0 Å². The van der Waals surface area contributed by atoms with E-state index in [0.717, 1.165) is 14.2 Å². The highest BCUT2D eigenvalue weighted by Crippen LogP contribution is 2.27. The molecule has 146 valence electrons. The van der Waals surface area contributed by atoms with Crippen LogP contribution in [0, 0.1) is 12.8 Å². The van der Waals surface area contributed by atoms with Crippen LogP contribution in [0.1, 0.15) is 23.3 Å². The van der Waals surface area contributed by atoms with Gasteiger partial charge in [0, 0.05) is 30.9 Å². The number of carbonyl (C=O) groups excluding carboxylic acids is 1. The Bertz CT molecular complexity index is 901. The maximum atomic E-state index is 12.8. The fourth-order valence-corrected chi connectivity index (χ4v) is 6.27. The van der Waals surface area contributed by atoms with Gasteiger partial charge < -0.3 is 4.90 Å². The van der Waals surface area contributed by atoms with E-state index in [-0.39, 0.29) is 11.8 Å². The number of carbonyl (C=O) groups is 1. The maximum Gasteiger partial charge on any atom is 0.243 e. The average molecular weight is 471 g/mol. The third-order valence-corrected chi connectivity index (χ3v) is 8.38. The number of rotatable bonds is 5. The lowest BCUT2D eigenvalue weighted by molar-refractivity contribution is -0.135. The second-order valence-electron chi connectivity index (χ2n) is 6.89. The number of thiophene rings is 1. The standard InChI is InChI=1S/C19H23BrN2O3S2/c1-14-3-6-17(7-4-14)27(24,25)22-11-9-15(10-12-22)19(23)21(2)13-16-5-8-18(20)26-16/h3-8,15H,9-13H2,1-2H3. The fourth-order valence-electron chi connectivity index (χ4n) is 3.26. The first-order valence-corrected chi connectivity index (χ1v) is 11.9. The van der Waals surface area contributed by atoms with Crippen LogP contribution in [0.5, 0.6) is 0 Å². The zero-order valence-corrected chi connectivity index (χ0v) is 18.6. The predicted octanol–water partition coefficient (Wildman–Crippen LogP) is 3.88. The fraction of sp³-hybridized carbons (Fsp3) is 0.421. The van der Waals surface area contributed by atoms with E-state index in [1.54, 1.807) is 40.5 Å². The second kappa shape index (κ2) is 8.43. The second-order valence-corrected chi connectivity index (χ2v) is 11.4. The van der Waals surface area contributed by atoms with Crippen molar-refractivity contribution in [2.45, 2.75) is 31.2 Å². The van der Waals surface area contributed by atoms with Crippen LogP contribution in [0.2, 0.25) is 0 Å². The number of benzene rings is 1. The van der Waals surface area contributed by atoms with Gasteiger partial charge in [0.25, 0.3) is 0 Å². The molecule has 0 N–H and O–H groups in total. The number of nitrogens with zero attached hydrogens (tertiary/aromatic N) is 2. The Morgan fingerprint density at radius 1 is 1.19 bits per heavy atom. The summed E-state index contributed by atoms with van der Waals surface area (Å²) < 4.78 is 28.1. The highest BCUT2D eigenvalue weighted by Gasteiger charge is 2.33. The Kier molecular flexibility index (Phi) is 6.40. The van der Waals surface area contributed by atoms with Crippen molar-refractivity contribution in [2.24, 2.45) is 5.92 Å². The maximum absolute atomic E-state index is 12.8. The van der Waals surface area contributed by atoms with Crippen LogP contribution in [0.4, 0.5) is 0 Å². The van der Waals surface area contributed by atoms with E-state index < -0.39 is 10.0 Å². The van der Waals surface area contributed by atoms with Crippen LogP contribution >= 0.6 is 27.3 Å². The van der Waals surface area contributed by atoms with Gasteiger partial charge in [0.05, 0.1) is 15.2 Å². The van der Waals surface area contributed by atoms with Gasteiger partial charge in [-0.15, -0.1) is 11.3 Å². The lowest BCUT2D eigenvalue weighted by Crippen LogP contribution is -2.43. The number of hydrogen-bond acceptors (Lipinski definition) is 4. The minimum absolute atomic E-state index is 0.0897. The van der Waals surface area contributed by atoms with Crippen LogP contribution in [0.15, 0.2) is 45.1 Å². The topological polar surface area (TPSA) is 57.7 Å². The van der Waals surface area contributed by atoms with E-state index in [1.165, 1.54) is 4.31 Å². The molecule has 1 aliphatic rings. The van der Waals surface area contributed by atoms with Gasteiger partial charge in [-0.1, -0.05) is 17.7 Å². The van der Waals surface area contributed by atoms with Crippen molar-refractivity contribution in [2.75, 3.05) is 20.1 Å². The zero-order chi connectivity index (χ0) is 19.6. The van der Waals surface area contributed by atoms with Crippen molar-refractivity contribution in [3.05, 3.63) is 50.6 Å². The molecule has 2 heterocycles. The Morgan fingerprint density at radius 3 is 2.37 bits per heavy atom. The molecule has 27 heavy (non-hydrogen) atoms. The van der Waals surface area contributed by atoms with Crippen LogP contribution < -0.4 is 0 Å². The van der Waals surface area contributed by atoms with Gasteiger partial charge in [0.2, 0.25) is 15.9 Å². The monoisotopic (exact) mass is 470 g/mol. The number of halogens is 1. The van der Waals surface area contributed by atoms with E-state index >= 15 is 0 Å². The van der Waals surface area contributed by atoms with Crippen LogP contribution in [-0.4, -0.2) is 43.7 Å². The molecule has 0 unspecified atom stereocenters. The molecule has 8 heteroatoms. The van der Waals surface area contributed by atoms with Crippen molar-refractivity contribution in [1.82, 2.24) is 9.21 Å². The van der Waals surface area contributed by atoms with Crippen LogP contribution in [0.3, 0.4) is 0 Å². The molecule has 0 bridgehead atoms.